The molecule has 1 aliphatic rings. The lowest BCUT2D eigenvalue weighted by molar-refractivity contribution is 0.230. The van der Waals surface area contributed by atoms with Crippen molar-refractivity contribution in [3.8, 4) is 0 Å². The zero-order chi connectivity index (χ0) is 13.8. The molecule has 0 aromatic heterocycles. The predicted molar refractivity (Wildman–Crippen MR) is 78.5 cm³/mol. The largest absolute Gasteiger partial charge is 0.307 e. The molecule has 1 fully saturated rings. The van der Waals surface area contributed by atoms with E-state index in [-0.39, 0.29) is 11.9 Å². The molecule has 2 heteroatoms. The van der Waals surface area contributed by atoms with Crippen molar-refractivity contribution in [2.45, 2.75) is 58.5 Å². The van der Waals surface area contributed by atoms with Crippen molar-refractivity contribution >= 4 is 0 Å². The zero-order valence-corrected chi connectivity index (χ0v) is 12.3. The Morgan fingerprint density at radius 3 is 2.26 bits per heavy atom. The fourth-order valence-corrected chi connectivity index (χ4v) is 3.22. The normalized spacial score (nSPS) is 25.5. The maximum Gasteiger partial charge on any atom is 0.127 e. The van der Waals surface area contributed by atoms with Crippen LogP contribution in [-0.2, 0) is 0 Å². The van der Waals surface area contributed by atoms with Crippen molar-refractivity contribution in [3.05, 3.63) is 35.6 Å². The Morgan fingerprint density at radius 1 is 1.05 bits per heavy atom. The van der Waals surface area contributed by atoms with Crippen LogP contribution in [0.5, 0.6) is 0 Å². The molecule has 1 N–H and O–H groups in total. The molecule has 0 aliphatic heterocycles. The van der Waals surface area contributed by atoms with Crippen LogP contribution in [0.25, 0.3) is 0 Å². The maximum atomic E-state index is 13.7. The molecule has 0 saturated heterocycles. The second-order valence-electron chi connectivity index (χ2n) is 6.27. The fourth-order valence-electron chi connectivity index (χ4n) is 3.22. The molecule has 106 valence electrons. The third kappa shape index (κ3) is 3.79. The van der Waals surface area contributed by atoms with Crippen LogP contribution in [0, 0.1) is 17.7 Å². The Labute approximate surface area is 116 Å². The van der Waals surface area contributed by atoms with Gasteiger partial charge in [0.1, 0.15) is 5.82 Å². The van der Waals surface area contributed by atoms with Gasteiger partial charge in [0.2, 0.25) is 0 Å². The van der Waals surface area contributed by atoms with Crippen LogP contribution in [0.2, 0.25) is 0 Å². The summed E-state index contributed by atoms with van der Waals surface area (Å²) in [6.45, 7) is 6.70. The Hall–Kier alpha value is -0.890. The van der Waals surface area contributed by atoms with Gasteiger partial charge in [-0.2, -0.15) is 0 Å². The summed E-state index contributed by atoms with van der Waals surface area (Å²) in [7, 11) is 0. The average Bonchev–Trinajstić information content (AvgIpc) is 2.39. The van der Waals surface area contributed by atoms with Gasteiger partial charge in [0, 0.05) is 17.6 Å². The molecule has 0 unspecified atom stereocenters. The van der Waals surface area contributed by atoms with Crippen LogP contribution >= 0.6 is 0 Å². The van der Waals surface area contributed by atoms with Gasteiger partial charge in [-0.1, -0.05) is 32.0 Å². The molecule has 0 radical (unpaired) electrons. The monoisotopic (exact) mass is 263 g/mol. The van der Waals surface area contributed by atoms with Crippen LogP contribution in [-0.4, -0.2) is 6.04 Å². The van der Waals surface area contributed by atoms with Crippen LogP contribution in [0.15, 0.2) is 24.3 Å². The molecule has 1 atom stereocenters. The highest BCUT2D eigenvalue weighted by Crippen LogP contribution is 2.31. The van der Waals surface area contributed by atoms with Crippen LogP contribution in [0.1, 0.15) is 58.1 Å². The minimum absolute atomic E-state index is 0.0987. The lowest BCUT2D eigenvalue weighted by atomic mass is 9.79. The van der Waals surface area contributed by atoms with E-state index < -0.39 is 0 Å². The van der Waals surface area contributed by atoms with Crippen molar-refractivity contribution in [2.24, 2.45) is 11.8 Å². The summed E-state index contributed by atoms with van der Waals surface area (Å²) in [6.07, 6.45) is 5.06. The van der Waals surface area contributed by atoms with Crippen molar-refractivity contribution in [2.75, 3.05) is 0 Å². The standard InChI is InChI=1S/C17H26FN/c1-12(2)14-8-10-15(11-9-14)19-13(3)16-6-4-5-7-17(16)18/h4-7,12-15,19H,8-11H2,1-3H3/t13-,14-,15-/m1/s1. The van der Waals surface area contributed by atoms with Crippen molar-refractivity contribution in [1.29, 1.82) is 0 Å². The second kappa shape index (κ2) is 6.51. The van der Waals surface area contributed by atoms with Crippen LogP contribution < -0.4 is 5.32 Å². The quantitative estimate of drug-likeness (QED) is 0.831. The van der Waals surface area contributed by atoms with E-state index in [1.54, 1.807) is 12.1 Å². The lowest BCUT2D eigenvalue weighted by Crippen LogP contribution is -2.36. The number of hydrogen-bond acceptors (Lipinski definition) is 1. The Morgan fingerprint density at radius 2 is 1.68 bits per heavy atom. The molecular formula is C17H26FN. The van der Waals surface area contributed by atoms with E-state index in [1.807, 2.05) is 12.1 Å². The minimum atomic E-state index is -0.0987. The summed E-state index contributed by atoms with van der Waals surface area (Å²) in [5.41, 5.74) is 0.786. The van der Waals surface area contributed by atoms with Crippen molar-refractivity contribution < 1.29 is 4.39 Å². The highest BCUT2D eigenvalue weighted by molar-refractivity contribution is 5.20. The number of halogens is 1. The molecule has 19 heavy (non-hydrogen) atoms. The predicted octanol–water partition coefficient (Wildman–Crippen LogP) is 4.69. The first-order chi connectivity index (χ1) is 9.08. The van der Waals surface area contributed by atoms with Gasteiger partial charge in [0.05, 0.1) is 0 Å². The molecule has 1 nitrogen and oxygen atoms in total. The molecule has 0 amide bonds. The molecule has 1 aromatic rings. The Bertz CT molecular complexity index is 394. The molecule has 1 saturated carbocycles. The highest BCUT2D eigenvalue weighted by Gasteiger charge is 2.24. The van der Waals surface area contributed by atoms with Gasteiger partial charge in [0.25, 0.3) is 0 Å². The average molecular weight is 263 g/mol. The molecule has 0 heterocycles. The lowest BCUT2D eigenvalue weighted by Gasteiger charge is -2.33. The Kier molecular flexibility index (Phi) is 4.98. The van der Waals surface area contributed by atoms with Gasteiger partial charge < -0.3 is 5.32 Å². The van der Waals surface area contributed by atoms with E-state index in [9.17, 15) is 4.39 Å². The first kappa shape index (κ1) is 14.5. The minimum Gasteiger partial charge on any atom is -0.307 e. The number of benzene rings is 1. The summed E-state index contributed by atoms with van der Waals surface area (Å²) >= 11 is 0. The van der Waals surface area contributed by atoms with Gasteiger partial charge in [0.15, 0.2) is 0 Å². The molecule has 1 aromatic carbocycles. The molecule has 0 spiro atoms. The van der Waals surface area contributed by atoms with E-state index in [4.69, 9.17) is 0 Å². The summed E-state index contributed by atoms with van der Waals surface area (Å²) in [4.78, 5) is 0. The highest BCUT2D eigenvalue weighted by atomic mass is 19.1. The van der Waals surface area contributed by atoms with Gasteiger partial charge >= 0.3 is 0 Å². The van der Waals surface area contributed by atoms with Gasteiger partial charge in [-0.15, -0.1) is 0 Å². The van der Waals surface area contributed by atoms with E-state index in [0.29, 0.717) is 6.04 Å². The smallest absolute Gasteiger partial charge is 0.127 e. The molecule has 1 aliphatic carbocycles. The van der Waals surface area contributed by atoms with Crippen molar-refractivity contribution in [3.63, 3.8) is 0 Å². The maximum absolute atomic E-state index is 13.7. The zero-order valence-electron chi connectivity index (χ0n) is 12.3. The number of nitrogens with one attached hydrogen (secondary N) is 1. The molecule has 0 bridgehead atoms. The topological polar surface area (TPSA) is 12.0 Å². The fraction of sp³-hybridized carbons (Fsp3) is 0.647. The molecule has 2 rings (SSSR count). The summed E-state index contributed by atoms with van der Waals surface area (Å²) < 4.78 is 13.7. The number of rotatable bonds is 4. The van der Waals surface area contributed by atoms with E-state index in [0.717, 1.165) is 17.4 Å². The summed E-state index contributed by atoms with van der Waals surface area (Å²) in [5.74, 6) is 1.57. The first-order valence-electron chi connectivity index (χ1n) is 7.58. The number of hydrogen-bond donors (Lipinski definition) is 1. The third-order valence-electron chi connectivity index (χ3n) is 4.57. The summed E-state index contributed by atoms with van der Waals surface area (Å²) in [6, 6.07) is 7.73. The Balaban J connectivity index is 1.87. The summed E-state index contributed by atoms with van der Waals surface area (Å²) in [5, 5.41) is 3.60. The SMILES string of the molecule is CC(C)[C@H]1CC[C@H](N[C@H](C)c2ccccc2F)CC1. The second-order valence-corrected chi connectivity index (χ2v) is 6.27. The van der Waals surface area contributed by atoms with E-state index >= 15 is 0 Å². The van der Waals surface area contributed by atoms with Gasteiger partial charge in [-0.25, -0.2) is 4.39 Å². The third-order valence-corrected chi connectivity index (χ3v) is 4.57. The first-order valence-corrected chi connectivity index (χ1v) is 7.58. The van der Waals surface area contributed by atoms with Gasteiger partial charge in [-0.3, -0.25) is 0 Å². The molecular weight excluding hydrogens is 237 g/mol. The van der Waals surface area contributed by atoms with Crippen molar-refractivity contribution in [1.82, 2.24) is 5.32 Å². The van der Waals surface area contributed by atoms with E-state index in [1.165, 1.54) is 25.7 Å². The van der Waals surface area contributed by atoms with Crippen LogP contribution in [0.3, 0.4) is 0 Å². The van der Waals surface area contributed by atoms with Crippen LogP contribution in [0.4, 0.5) is 4.39 Å². The van der Waals surface area contributed by atoms with E-state index in [2.05, 4.69) is 26.1 Å². The van der Waals surface area contributed by atoms with Gasteiger partial charge in [-0.05, 0) is 50.5 Å².